The van der Waals surface area contributed by atoms with E-state index >= 15 is 0 Å². The minimum Gasteiger partial charge on any atom is -0.370 e. The number of carbonyl (C=O) groups excluding carboxylic acids is 1. The molecule has 0 aliphatic carbocycles. The molecule has 92 valence electrons. The van der Waals surface area contributed by atoms with Gasteiger partial charge in [-0.2, -0.15) is 0 Å². The van der Waals surface area contributed by atoms with Crippen LogP contribution in [-0.2, 0) is 4.79 Å². The van der Waals surface area contributed by atoms with Gasteiger partial charge in [0.2, 0.25) is 5.91 Å². The molecule has 1 aliphatic rings. The molecule has 0 saturated carbocycles. The molecule has 2 rings (SSSR count). The first-order valence-electron chi connectivity index (χ1n) is 6.23. The van der Waals surface area contributed by atoms with Gasteiger partial charge >= 0.3 is 0 Å². The van der Waals surface area contributed by atoms with Crippen LogP contribution in [-0.4, -0.2) is 30.4 Å². The molecule has 3 heteroatoms. The number of rotatable bonds is 4. The third-order valence-corrected chi connectivity index (χ3v) is 3.58. The van der Waals surface area contributed by atoms with Crippen LogP contribution >= 0.6 is 0 Å². The zero-order chi connectivity index (χ0) is 12.3. The lowest BCUT2D eigenvalue weighted by molar-refractivity contribution is -0.118. The quantitative estimate of drug-likeness (QED) is 0.858. The molecule has 2 N–H and O–H groups in total. The van der Waals surface area contributed by atoms with Crippen LogP contribution in [0.2, 0.25) is 0 Å². The predicted molar refractivity (Wildman–Crippen MR) is 68.8 cm³/mol. The Labute approximate surface area is 103 Å². The standard InChI is InChI=1S/C14H20N2O/c1-11-4-2-3-5-13(11)12-6-8-16(10-12)9-7-14(15)17/h2-5,12H,6-10H2,1H3,(H2,15,17)/t12-/m0/s1. The normalized spacial score (nSPS) is 20.6. The fourth-order valence-corrected chi connectivity index (χ4v) is 2.60. The van der Waals surface area contributed by atoms with E-state index in [4.69, 9.17) is 5.73 Å². The van der Waals surface area contributed by atoms with E-state index in [1.54, 1.807) is 0 Å². The van der Waals surface area contributed by atoms with Crippen molar-refractivity contribution in [2.75, 3.05) is 19.6 Å². The van der Waals surface area contributed by atoms with E-state index in [0.717, 1.165) is 19.6 Å². The van der Waals surface area contributed by atoms with Gasteiger partial charge in [-0.1, -0.05) is 24.3 Å². The lowest BCUT2D eigenvalue weighted by atomic mass is 9.94. The van der Waals surface area contributed by atoms with E-state index in [9.17, 15) is 4.79 Å². The highest BCUT2D eigenvalue weighted by Gasteiger charge is 2.24. The molecule has 17 heavy (non-hydrogen) atoms. The Balaban J connectivity index is 1.94. The summed E-state index contributed by atoms with van der Waals surface area (Å²) in [5, 5.41) is 0. The molecule has 1 saturated heterocycles. The molecule has 1 amide bonds. The Morgan fingerprint density at radius 2 is 2.24 bits per heavy atom. The van der Waals surface area contributed by atoms with E-state index in [-0.39, 0.29) is 5.91 Å². The van der Waals surface area contributed by atoms with Crippen LogP contribution in [0.1, 0.15) is 29.9 Å². The van der Waals surface area contributed by atoms with Gasteiger partial charge in [0.05, 0.1) is 0 Å². The number of primary amides is 1. The summed E-state index contributed by atoms with van der Waals surface area (Å²) in [4.78, 5) is 13.1. The lowest BCUT2D eigenvalue weighted by Crippen LogP contribution is -2.26. The average molecular weight is 232 g/mol. The van der Waals surface area contributed by atoms with Crippen molar-refractivity contribution in [1.82, 2.24) is 4.90 Å². The first kappa shape index (κ1) is 12.1. The number of nitrogens with zero attached hydrogens (tertiary/aromatic N) is 1. The number of aryl methyl sites for hydroxylation is 1. The fraction of sp³-hybridized carbons (Fsp3) is 0.500. The van der Waals surface area contributed by atoms with Crippen LogP contribution in [0.25, 0.3) is 0 Å². The van der Waals surface area contributed by atoms with Crippen LogP contribution in [0.3, 0.4) is 0 Å². The number of carbonyl (C=O) groups is 1. The second kappa shape index (κ2) is 5.32. The molecule has 1 atom stereocenters. The highest BCUT2D eigenvalue weighted by molar-refractivity contribution is 5.73. The van der Waals surface area contributed by atoms with Gasteiger partial charge in [0.25, 0.3) is 0 Å². The van der Waals surface area contributed by atoms with Crippen LogP contribution in [0, 0.1) is 6.92 Å². The van der Waals surface area contributed by atoms with E-state index in [1.807, 2.05) is 0 Å². The van der Waals surface area contributed by atoms with Crippen molar-refractivity contribution >= 4 is 5.91 Å². The number of amides is 1. The highest BCUT2D eigenvalue weighted by atomic mass is 16.1. The smallest absolute Gasteiger partial charge is 0.218 e. The predicted octanol–water partition coefficient (Wildman–Crippen LogP) is 1.66. The SMILES string of the molecule is Cc1ccccc1[C@H]1CCN(CCC(N)=O)C1. The molecule has 0 spiro atoms. The molecule has 1 aliphatic heterocycles. The number of nitrogens with two attached hydrogens (primary N) is 1. The van der Waals surface area contributed by atoms with Gasteiger partial charge < -0.3 is 10.6 Å². The maximum Gasteiger partial charge on any atom is 0.218 e. The monoisotopic (exact) mass is 232 g/mol. The van der Waals surface area contributed by atoms with Crippen molar-refractivity contribution < 1.29 is 4.79 Å². The summed E-state index contributed by atoms with van der Waals surface area (Å²) in [5.41, 5.74) is 8.00. The summed E-state index contributed by atoms with van der Waals surface area (Å²) < 4.78 is 0. The van der Waals surface area contributed by atoms with Crippen molar-refractivity contribution in [1.29, 1.82) is 0 Å². The van der Waals surface area contributed by atoms with E-state index in [2.05, 4.69) is 36.1 Å². The summed E-state index contributed by atoms with van der Waals surface area (Å²) in [7, 11) is 0. The summed E-state index contributed by atoms with van der Waals surface area (Å²) in [6.45, 7) is 5.10. The average Bonchev–Trinajstić information content (AvgIpc) is 2.75. The molecule has 1 heterocycles. The van der Waals surface area contributed by atoms with Crippen molar-refractivity contribution in [3.63, 3.8) is 0 Å². The Hall–Kier alpha value is -1.35. The van der Waals surface area contributed by atoms with Crippen molar-refractivity contribution in [3.8, 4) is 0 Å². The largest absolute Gasteiger partial charge is 0.370 e. The number of hydrogen-bond donors (Lipinski definition) is 1. The first-order valence-corrected chi connectivity index (χ1v) is 6.23. The van der Waals surface area contributed by atoms with E-state index < -0.39 is 0 Å². The van der Waals surface area contributed by atoms with Gasteiger partial charge in [-0.15, -0.1) is 0 Å². The molecule has 1 fully saturated rings. The number of benzene rings is 1. The third-order valence-electron chi connectivity index (χ3n) is 3.58. The minimum atomic E-state index is -0.204. The molecular formula is C14H20N2O. The number of likely N-dealkylation sites (tertiary alicyclic amines) is 1. The Kier molecular flexibility index (Phi) is 3.79. The van der Waals surface area contributed by atoms with Crippen molar-refractivity contribution in [2.45, 2.75) is 25.7 Å². The Bertz CT molecular complexity index is 403. The van der Waals surface area contributed by atoms with Gasteiger partial charge in [-0.05, 0) is 36.9 Å². The van der Waals surface area contributed by atoms with Crippen molar-refractivity contribution in [2.24, 2.45) is 5.73 Å². The first-order chi connectivity index (χ1) is 8.16. The number of hydrogen-bond acceptors (Lipinski definition) is 2. The lowest BCUT2D eigenvalue weighted by Gasteiger charge is -2.16. The molecule has 0 unspecified atom stereocenters. The molecule has 1 aromatic carbocycles. The van der Waals surface area contributed by atoms with Crippen LogP contribution < -0.4 is 5.73 Å². The highest BCUT2D eigenvalue weighted by Crippen LogP contribution is 2.29. The molecule has 0 bridgehead atoms. The summed E-state index contributed by atoms with van der Waals surface area (Å²) in [6.07, 6.45) is 1.66. The second-order valence-corrected chi connectivity index (χ2v) is 4.86. The topological polar surface area (TPSA) is 46.3 Å². The Morgan fingerprint density at radius 3 is 2.94 bits per heavy atom. The molecule has 0 radical (unpaired) electrons. The van der Waals surface area contributed by atoms with Gasteiger partial charge in [0, 0.05) is 19.5 Å². The van der Waals surface area contributed by atoms with Crippen molar-refractivity contribution in [3.05, 3.63) is 35.4 Å². The van der Waals surface area contributed by atoms with Gasteiger partial charge in [0.15, 0.2) is 0 Å². The Morgan fingerprint density at radius 1 is 1.47 bits per heavy atom. The maximum absolute atomic E-state index is 10.8. The van der Waals surface area contributed by atoms with Crippen LogP contribution in [0.5, 0.6) is 0 Å². The van der Waals surface area contributed by atoms with E-state index in [1.165, 1.54) is 17.5 Å². The van der Waals surface area contributed by atoms with E-state index in [0.29, 0.717) is 12.3 Å². The zero-order valence-electron chi connectivity index (χ0n) is 10.4. The third kappa shape index (κ3) is 3.07. The second-order valence-electron chi connectivity index (χ2n) is 4.86. The van der Waals surface area contributed by atoms with Gasteiger partial charge in [-0.3, -0.25) is 4.79 Å². The van der Waals surface area contributed by atoms with Gasteiger partial charge in [0.1, 0.15) is 0 Å². The fourth-order valence-electron chi connectivity index (χ4n) is 2.60. The van der Waals surface area contributed by atoms with Gasteiger partial charge in [-0.25, -0.2) is 0 Å². The summed E-state index contributed by atoms with van der Waals surface area (Å²) >= 11 is 0. The van der Waals surface area contributed by atoms with Crippen LogP contribution in [0.4, 0.5) is 0 Å². The molecule has 3 nitrogen and oxygen atoms in total. The molecule has 1 aromatic rings. The minimum absolute atomic E-state index is 0.204. The summed E-state index contributed by atoms with van der Waals surface area (Å²) in [5.74, 6) is 0.411. The zero-order valence-corrected chi connectivity index (χ0v) is 10.4. The van der Waals surface area contributed by atoms with Crippen LogP contribution in [0.15, 0.2) is 24.3 Å². The maximum atomic E-state index is 10.8. The summed E-state index contributed by atoms with van der Waals surface area (Å²) in [6, 6.07) is 8.58. The molecular weight excluding hydrogens is 212 g/mol. The molecule has 0 aromatic heterocycles.